The highest BCUT2D eigenvalue weighted by Gasteiger charge is 2.55. The van der Waals surface area contributed by atoms with E-state index in [0.717, 1.165) is 0 Å². The second kappa shape index (κ2) is 6.83. The number of carboxylic acid groups (broad SMARTS) is 1. The summed E-state index contributed by atoms with van der Waals surface area (Å²) in [4.78, 5) is 24.9. The Morgan fingerprint density at radius 3 is 2.58 bits per heavy atom. The first-order chi connectivity index (χ1) is 11.4. The molecule has 0 aromatic rings. The molecule has 0 spiro atoms. The van der Waals surface area contributed by atoms with Crippen molar-refractivity contribution >= 4 is 12.0 Å². The van der Waals surface area contributed by atoms with Crippen LogP contribution >= 0.6 is 0 Å². The molecule has 0 aromatic heterocycles. The van der Waals surface area contributed by atoms with E-state index in [-0.39, 0.29) is 12.5 Å². The van der Waals surface area contributed by atoms with Crippen LogP contribution in [0.2, 0.25) is 0 Å². The summed E-state index contributed by atoms with van der Waals surface area (Å²) in [5, 5.41) is 11.4. The average Bonchev–Trinajstić information content (AvgIpc) is 3.00. The van der Waals surface area contributed by atoms with Gasteiger partial charge in [-0.3, -0.25) is 4.79 Å². The third kappa shape index (κ3) is 3.80. The molecule has 2 N–H and O–H groups in total. The first kappa shape index (κ1) is 17.4. The molecule has 3 rings (SSSR count). The number of amides is 2. The topological polar surface area (TPSA) is 107 Å². The van der Waals surface area contributed by atoms with Crippen LogP contribution in [0.3, 0.4) is 0 Å². The summed E-state index contributed by atoms with van der Waals surface area (Å²) in [5.74, 6) is -0.896. The van der Waals surface area contributed by atoms with Crippen molar-refractivity contribution in [1.29, 1.82) is 0 Å². The highest BCUT2D eigenvalue weighted by atomic mass is 16.8. The average molecular weight is 344 g/mol. The van der Waals surface area contributed by atoms with Gasteiger partial charge in [0.05, 0.1) is 25.4 Å². The molecule has 0 aromatic carbocycles. The third-order valence-corrected chi connectivity index (χ3v) is 4.51. The van der Waals surface area contributed by atoms with E-state index in [1.54, 1.807) is 18.7 Å². The Labute approximate surface area is 140 Å². The molecule has 1 saturated carbocycles. The summed E-state index contributed by atoms with van der Waals surface area (Å²) in [5.41, 5.74) is 0. The zero-order valence-corrected chi connectivity index (χ0v) is 13.9. The molecule has 1 aliphatic carbocycles. The van der Waals surface area contributed by atoms with E-state index >= 15 is 0 Å². The van der Waals surface area contributed by atoms with Gasteiger partial charge < -0.3 is 34.3 Å². The van der Waals surface area contributed by atoms with Gasteiger partial charge in [-0.1, -0.05) is 0 Å². The summed E-state index contributed by atoms with van der Waals surface area (Å²) in [7, 11) is 0. The Morgan fingerprint density at radius 1 is 1.25 bits per heavy atom. The molecule has 0 bridgehead atoms. The molecule has 0 radical (unpaired) electrons. The van der Waals surface area contributed by atoms with Gasteiger partial charge in [-0.15, -0.1) is 0 Å². The predicted octanol–water partition coefficient (Wildman–Crippen LogP) is -0.210. The van der Waals surface area contributed by atoms with Gasteiger partial charge in [0, 0.05) is 13.1 Å². The molecule has 2 saturated heterocycles. The molecule has 24 heavy (non-hydrogen) atoms. The van der Waals surface area contributed by atoms with Gasteiger partial charge in [-0.2, -0.15) is 0 Å². The van der Waals surface area contributed by atoms with Crippen LogP contribution in [0.4, 0.5) is 4.79 Å². The Bertz CT molecular complexity index is 492. The summed E-state index contributed by atoms with van der Waals surface area (Å²) < 4.78 is 22.6. The van der Waals surface area contributed by atoms with Gasteiger partial charge in [0.25, 0.3) is 0 Å². The highest BCUT2D eigenvalue weighted by Crippen LogP contribution is 2.39. The second-order valence-corrected chi connectivity index (χ2v) is 6.70. The number of nitrogens with zero attached hydrogens (tertiary/aromatic N) is 1. The number of carbonyl (C=O) groups excluding carboxylic acids is 1. The second-order valence-electron chi connectivity index (χ2n) is 6.70. The normalized spacial score (nSPS) is 34.8. The Balaban J connectivity index is 1.58. The molecule has 2 amide bonds. The van der Waals surface area contributed by atoms with Crippen molar-refractivity contribution in [2.75, 3.05) is 32.9 Å². The molecule has 9 heteroatoms. The lowest BCUT2D eigenvalue weighted by molar-refractivity contribution is -0.171. The van der Waals surface area contributed by atoms with E-state index in [4.69, 9.17) is 24.1 Å². The van der Waals surface area contributed by atoms with Crippen molar-refractivity contribution in [3.05, 3.63) is 0 Å². The monoisotopic (exact) mass is 344 g/mol. The quantitative estimate of drug-likeness (QED) is 0.727. The lowest BCUT2D eigenvalue weighted by Crippen LogP contribution is -2.43. The summed E-state index contributed by atoms with van der Waals surface area (Å²) in [6.07, 6.45) is -1.90. The van der Waals surface area contributed by atoms with Crippen LogP contribution in [0.1, 0.15) is 20.3 Å². The van der Waals surface area contributed by atoms with E-state index in [0.29, 0.717) is 32.7 Å². The van der Waals surface area contributed by atoms with Crippen LogP contribution in [-0.2, 0) is 23.7 Å². The summed E-state index contributed by atoms with van der Waals surface area (Å²) in [6.45, 7) is 5.70. The maximum Gasteiger partial charge on any atom is 0.404 e. The van der Waals surface area contributed by atoms with E-state index in [1.165, 1.54) is 0 Å². The molecule has 9 nitrogen and oxygen atoms in total. The molecule has 2 heterocycles. The maximum absolute atomic E-state index is 12.2. The zero-order valence-electron chi connectivity index (χ0n) is 13.9. The first-order valence-corrected chi connectivity index (χ1v) is 8.18. The Morgan fingerprint density at radius 2 is 1.92 bits per heavy atom. The van der Waals surface area contributed by atoms with Gasteiger partial charge in [0.1, 0.15) is 18.8 Å². The number of nitrogens with one attached hydrogen (secondary N) is 1. The van der Waals surface area contributed by atoms with Gasteiger partial charge in [0.2, 0.25) is 5.91 Å². The molecule has 136 valence electrons. The molecule has 4 atom stereocenters. The van der Waals surface area contributed by atoms with Crippen LogP contribution in [0.15, 0.2) is 0 Å². The van der Waals surface area contributed by atoms with Gasteiger partial charge in [-0.05, 0) is 20.3 Å². The highest BCUT2D eigenvalue weighted by molar-refractivity contribution is 5.77. The fourth-order valence-corrected chi connectivity index (χ4v) is 3.48. The molecule has 0 unspecified atom stereocenters. The molecular formula is C15H24N2O7. The van der Waals surface area contributed by atoms with Gasteiger partial charge in [0.15, 0.2) is 5.79 Å². The number of hydrogen-bond acceptors (Lipinski definition) is 6. The van der Waals surface area contributed by atoms with Crippen molar-refractivity contribution in [1.82, 2.24) is 10.2 Å². The van der Waals surface area contributed by atoms with Crippen molar-refractivity contribution in [2.45, 2.75) is 50.4 Å². The van der Waals surface area contributed by atoms with E-state index in [1.807, 2.05) is 0 Å². The van der Waals surface area contributed by atoms with Crippen LogP contribution in [0, 0.1) is 0 Å². The fraction of sp³-hybridized carbons (Fsp3) is 0.867. The number of fused-ring (bicyclic) bond motifs is 1. The smallest absolute Gasteiger partial charge is 0.404 e. The molecule has 3 fully saturated rings. The Hall–Kier alpha value is -1.42. The van der Waals surface area contributed by atoms with Crippen LogP contribution in [0.25, 0.3) is 0 Å². The minimum absolute atomic E-state index is 0.0581. The van der Waals surface area contributed by atoms with Crippen molar-refractivity contribution in [3.8, 4) is 0 Å². The van der Waals surface area contributed by atoms with Crippen molar-refractivity contribution in [2.24, 2.45) is 0 Å². The summed E-state index contributed by atoms with van der Waals surface area (Å²) in [6, 6.07) is -0.419. The lowest BCUT2D eigenvalue weighted by atomic mass is 10.2. The van der Waals surface area contributed by atoms with Crippen LogP contribution in [0.5, 0.6) is 0 Å². The van der Waals surface area contributed by atoms with E-state index < -0.39 is 36.2 Å². The number of carbonyl (C=O) groups is 2. The zero-order chi connectivity index (χ0) is 17.3. The third-order valence-electron chi connectivity index (χ3n) is 4.51. The Kier molecular flexibility index (Phi) is 4.95. The first-order valence-electron chi connectivity index (χ1n) is 8.18. The SMILES string of the molecule is CC1(C)O[C@@H]2[C@H](O1)[C@@H](OCC(=O)N1CCOCC1)C[C@H]2NC(=O)O. The maximum atomic E-state index is 12.2. The minimum atomic E-state index is -1.11. The van der Waals surface area contributed by atoms with E-state index in [9.17, 15) is 9.59 Å². The van der Waals surface area contributed by atoms with Gasteiger partial charge in [-0.25, -0.2) is 4.79 Å². The minimum Gasteiger partial charge on any atom is -0.465 e. The number of rotatable bonds is 4. The van der Waals surface area contributed by atoms with Crippen molar-refractivity contribution < 1.29 is 33.6 Å². The van der Waals surface area contributed by atoms with Gasteiger partial charge >= 0.3 is 6.09 Å². The lowest BCUT2D eigenvalue weighted by Gasteiger charge is -2.28. The molecule has 2 aliphatic heterocycles. The van der Waals surface area contributed by atoms with Crippen LogP contribution < -0.4 is 5.32 Å². The fourth-order valence-electron chi connectivity index (χ4n) is 3.48. The molecule has 3 aliphatic rings. The summed E-state index contributed by atoms with van der Waals surface area (Å²) >= 11 is 0. The predicted molar refractivity (Wildman–Crippen MR) is 80.5 cm³/mol. The standard InChI is InChI=1S/C15H24N2O7/c1-15(2)23-12-9(16-14(19)20)7-10(13(12)24-15)22-8-11(18)17-3-5-21-6-4-17/h9-10,12-13,16H,3-8H2,1-2H3,(H,19,20)/t9-,10+,12+,13-/m1/s1. The number of ether oxygens (including phenoxy) is 4. The van der Waals surface area contributed by atoms with Crippen LogP contribution in [-0.4, -0.2) is 85.1 Å². The largest absolute Gasteiger partial charge is 0.465 e. The van der Waals surface area contributed by atoms with E-state index in [2.05, 4.69) is 5.32 Å². The number of hydrogen-bond donors (Lipinski definition) is 2. The molecular weight excluding hydrogens is 320 g/mol. The van der Waals surface area contributed by atoms with Crippen molar-refractivity contribution in [3.63, 3.8) is 0 Å². The number of morpholine rings is 1.